The molecule has 0 amide bonds. The highest BCUT2D eigenvalue weighted by atomic mass is 16.5. The van der Waals surface area contributed by atoms with Crippen LogP contribution < -0.4 is 0 Å². The van der Waals surface area contributed by atoms with Crippen molar-refractivity contribution in [2.75, 3.05) is 45.9 Å². The Labute approximate surface area is 113 Å². The van der Waals surface area contributed by atoms with E-state index in [0.29, 0.717) is 0 Å². The SMILES string of the molecule is CC.CCCN1CCC2(CC1)CN(CC)CCO2. The maximum Gasteiger partial charge on any atom is 0.0833 e. The summed E-state index contributed by atoms with van der Waals surface area (Å²) in [5, 5.41) is 0. The molecule has 18 heavy (non-hydrogen) atoms. The first kappa shape index (κ1) is 15.9. The number of hydrogen-bond donors (Lipinski definition) is 0. The number of piperidine rings is 1. The molecule has 0 radical (unpaired) electrons. The Morgan fingerprint density at radius 3 is 2.22 bits per heavy atom. The summed E-state index contributed by atoms with van der Waals surface area (Å²) in [5.41, 5.74) is 0.193. The van der Waals surface area contributed by atoms with Crippen LogP contribution in [0.2, 0.25) is 0 Å². The minimum absolute atomic E-state index is 0.193. The van der Waals surface area contributed by atoms with Crippen LogP contribution in [-0.4, -0.2) is 61.3 Å². The predicted molar refractivity (Wildman–Crippen MR) is 78.1 cm³/mol. The van der Waals surface area contributed by atoms with Crippen LogP contribution in [0.3, 0.4) is 0 Å². The van der Waals surface area contributed by atoms with Gasteiger partial charge >= 0.3 is 0 Å². The molecule has 108 valence electrons. The van der Waals surface area contributed by atoms with E-state index in [1.54, 1.807) is 0 Å². The van der Waals surface area contributed by atoms with Crippen molar-refractivity contribution in [2.24, 2.45) is 0 Å². The number of nitrogens with zero attached hydrogens (tertiary/aromatic N) is 2. The molecule has 0 atom stereocenters. The number of likely N-dealkylation sites (N-methyl/N-ethyl adjacent to an activating group) is 1. The second-order valence-corrected chi connectivity index (χ2v) is 5.24. The van der Waals surface area contributed by atoms with E-state index in [4.69, 9.17) is 4.74 Å². The van der Waals surface area contributed by atoms with E-state index in [9.17, 15) is 0 Å². The fraction of sp³-hybridized carbons (Fsp3) is 1.00. The van der Waals surface area contributed by atoms with Crippen LogP contribution in [0.25, 0.3) is 0 Å². The smallest absolute Gasteiger partial charge is 0.0833 e. The maximum atomic E-state index is 6.10. The predicted octanol–water partition coefficient (Wildman–Crippen LogP) is 2.61. The van der Waals surface area contributed by atoms with Crippen molar-refractivity contribution >= 4 is 0 Å². The van der Waals surface area contributed by atoms with Crippen molar-refractivity contribution in [3.05, 3.63) is 0 Å². The summed E-state index contributed by atoms with van der Waals surface area (Å²) in [6.45, 7) is 16.6. The zero-order valence-corrected chi connectivity index (χ0v) is 12.9. The average molecular weight is 256 g/mol. The Balaban J connectivity index is 0.000000771. The number of ether oxygens (including phenoxy) is 1. The molecule has 0 bridgehead atoms. The van der Waals surface area contributed by atoms with E-state index in [-0.39, 0.29) is 5.60 Å². The van der Waals surface area contributed by atoms with Gasteiger partial charge in [-0.25, -0.2) is 0 Å². The van der Waals surface area contributed by atoms with E-state index in [0.717, 1.165) is 19.7 Å². The Kier molecular flexibility index (Phi) is 7.20. The highest BCUT2D eigenvalue weighted by Gasteiger charge is 2.38. The van der Waals surface area contributed by atoms with Crippen molar-refractivity contribution < 1.29 is 4.74 Å². The summed E-state index contributed by atoms with van der Waals surface area (Å²) in [6, 6.07) is 0. The molecule has 0 saturated carbocycles. The monoisotopic (exact) mass is 256 g/mol. The molecular formula is C15H32N2O. The number of rotatable bonds is 3. The van der Waals surface area contributed by atoms with Crippen LogP contribution in [0.5, 0.6) is 0 Å². The maximum absolute atomic E-state index is 6.10. The van der Waals surface area contributed by atoms with Gasteiger partial charge in [0.25, 0.3) is 0 Å². The van der Waals surface area contributed by atoms with Gasteiger partial charge in [-0.2, -0.15) is 0 Å². The van der Waals surface area contributed by atoms with Crippen LogP contribution in [0, 0.1) is 0 Å². The van der Waals surface area contributed by atoms with E-state index in [1.807, 2.05) is 13.8 Å². The Bertz CT molecular complexity index is 213. The minimum Gasteiger partial charge on any atom is -0.372 e. The molecule has 3 nitrogen and oxygen atoms in total. The minimum atomic E-state index is 0.193. The summed E-state index contributed by atoms with van der Waals surface area (Å²) < 4.78 is 6.10. The van der Waals surface area contributed by atoms with Crippen molar-refractivity contribution in [1.82, 2.24) is 9.80 Å². The van der Waals surface area contributed by atoms with E-state index in [1.165, 1.54) is 45.4 Å². The standard InChI is InChI=1S/C13H26N2O.C2H6/c1-3-7-15-8-5-13(6-9-15)12-14(4-2)10-11-16-13;1-2/h3-12H2,1-2H3;1-2H3. The lowest BCUT2D eigenvalue weighted by atomic mass is 9.89. The first-order valence-corrected chi connectivity index (χ1v) is 7.87. The van der Waals surface area contributed by atoms with Gasteiger partial charge in [0, 0.05) is 26.2 Å². The van der Waals surface area contributed by atoms with Crippen molar-refractivity contribution in [1.29, 1.82) is 0 Å². The van der Waals surface area contributed by atoms with Crippen LogP contribution in [0.1, 0.15) is 47.0 Å². The van der Waals surface area contributed by atoms with Crippen LogP contribution in [0.4, 0.5) is 0 Å². The molecule has 0 aliphatic carbocycles. The van der Waals surface area contributed by atoms with Gasteiger partial charge in [-0.1, -0.05) is 27.7 Å². The average Bonchev–Trinajstić information content (AvgIpc) is 2.44. The van der Waals surface area contributed by atoms with Gasteiger partial charge < -0.3 is 9.64 Å². The third-order valence-electron chi connectivity index (χ3n) is 4.08. The molecule has 2 saturated heterocycles. The van der Waals surface area contributed by atoms with Gasteiger partial charge in [0.15, 0.2) is 0 Å². The molecule has 2 rings (SSSR count). The van der Waals surface area contributed by atoms with Crippen molar-refractivity contribution in [3.63, 3.8) is 0 Å². The first-order chi connectivity index (χ1) is 8.78. The molecule has 2 aliphatic rings. The summed E-state index contributed by atoms with van der Waals surface area (Å²) in [6.07, 6.45) is 3.72. The van der Waals surface area contributed by atoms with Gasteiger partial charge in [-0.15, -0.1) is 0 Å². The molecule has 1 spiro atoms. The Morgan fingerprint density at radius 1 is 1.00 bits per heavy atom. The third kappa shape index (κ3) is 4.22. The lowest BCUT2D eigenvalue weighted by Gasteiger charge is -2.47. The highest BCUT2D eigenvalue weighted by molar-refractivity contribution is 4.92. The van der Waals surface area contributed by atoms with Gasteiger partial charge in [-0.3, -0.25) is 4.90 Å². The lowest BCUT2D eigenvalue weighted by molar-refractivity contribution is -0.134. The largest absolute Gasteiger partial charge is 0.372 e. The molecular weight excluding hydrogens is 224 g/mol. The molecule has 0 N–H and O–H groups in total. The highest BCUT2D eigenvalue weighted by Crippen LogP contribution is 2.29. The number of morpholine rings is 1. The fourth-order valence-electron chi connectivity index (χ4n) is 3.00. The van der Waals surface area contributed by atoms with E-state index < -0.39 is 0 Å². The molecule has 2 aliphatic heterocycles. The van der Waals surface area contributed by atoms with Gasteiger partial charge in [0.2, 0.25) is 0 Å². The lowest BCUT2D eigenvalue weighted by Crippen LogP contribution is -2.56. The number of likely N-dealkylation sites (tertiary alicyclic amines) is 1. The molecule has 0 unspecified atom stereocenters. The summed E-state index contributed by atoms with van der Waals surface area (Å²) in [7, 11) is 0. The normalized spacial score (nSPS) is 24.7. The zero-order valence-electron chi connectivity index (χ0n) is 12.9. The quantitative estimate of drug-likeness (QED) is 0.772. The molecule has 0 aromatic rings. The molecule has 3 heteroatoms. The summed E-state index contributed by atoms with van der Waals surface area (Å²) >= 11 is 0. The van der Waals surface area contributed by atoms with Crippen LogP contribution in [0.15, 0.2) is 0 Å². The molecule has 2 heterocycles. The topological polar surface area (TPSA) is 15.7 Å². The fourth-order valence-corrected chi connectivity index (χ4v) is 3.00. The Hall–Kier alpha value is -0.120. The first-order valence-electron chi connectivity index (χ1n) is 7.87. The zero-order chi connectivity index (χ0) is 13.4. The number of hydrogen-bond acceptors (Lipinski definition) is 3. The third-order valence-corrected chi connectivity index (χ3v) is 4.08. The second kappa shape index (κ2) is 8.13. The molecule has 0 aromatic heterocycles. The van der Waals surface area contributed by atoms with Crippen molar-refractivity contribution in [2.45, 2.75) is 52.6 Å². The van der Waals surface area contributed by atoms with E-state index in [2.05, 4.69) is 23.6 Å². The Morgan fingerprint density at radius 2 is 1.67 bits per heavy atom. The summed E-state index contributed by atoms with van der Waals surface area (Å²) in [4.78, 5) is 5.12. The summed E-state index contributed by atoms with van der Waals surface area (Å²) in [5.74, 6) is 0. The van der Waals surface area contributed by atoms with Crippen molar-refractivity contribution in [3.8, 4) is 0 Å². The van der Waals surface area contributed by atoms with Gasteiger partial charge in [0.1, 0.15) is 0 Å². The van der Waals surface area contributed by atoms with Crippen LogP contribution >= 0.6 is 0 Å². The molecule has 0 aromatic carbocycles. The molecule has 2 fully saturated rings. The van der Waals surface area contributed by atoms with Gasteiger partial charge in [0.05, 0.1) is 12.2 Å². The van der Waals surface area contributed by atoms with Gasteiger partial charge in [-0.05, 0) is 32.4 Å². The van der Waals surface area contributed by atoms with Crippen LogP contribution in [-0.2, 0) is 4.74 Å². The van der Waals surface area contributed by atoms with E-state index >= 15 is 0 Å². The second-order valence-electron chi connectivity index (χ2n) is 5.24.